The fourth-order valence-electron chi connectivity index (χ4n) is 1.32. The average molecular weight is 303 g/mol. The van der Waals surface area contributed by atoms with Crippen LogP contribution in [0.25, 0.3) is 0 Å². The fourth-order valence-corrected chi connectivity index (χ4v) is 2.20. The van der Waals surface area contributed by atoms with Crippen molar-refractivity contribution in [3.8, 4) is 0 Å². The summed E-state index contributed by atoms with van der Waals surface area (Å²) in [6, 6.07) is 3.60. The molecule has 0 heterocycles. The SMILES string of the molecule is COC(=O)CCNC(=O)CCSc1ccc(F)c(F)c1. The molecule has 0 aliphatic rings. The topological polar surface area (TPSA) is 55.4 Å². The van der Waals surface area contributed by atoms with E-state index in [-0.39, 0.29) is 31.3 Å². The summed E-state index contributed by atoms with van der Waals surface area (Å²) in [5.74, 6) is -1.95. The van der Waals surface area contributed by atoms with Crippen LogP contribution in [0.4, 0.5) is 8.78 Å². The third-order valence-corrected chi connectivity index (χ3v) is 3.36. The molecule has 1 rings (SSSR count). The van der Waals surface area contributed by atoms with E-state index in [4.69, 9.17) is 0 Å². The van der Waals surface area contributed by atoms with Crippen molar-refractivity contribution in [2.75, 3.05) is 19.4 Å². The van der Waals surface area contributed by atoms with Gasteiger partial charge >= 0.3 is 5.97 Å². The van der Waals surface area contributed by atoms with Crippen LogP contribution in [-0.4, -0.2) is 31.3 Å². The summed E-state index contributed by atoms with van der Waals surface area (Å²) in [6.45, 7) is 0.224. The number of benzene rings is 1. The van der Waals surface area contributed by atoms with Gasteiger partial charge in [-0.3, -0.25) is 9.59 Å². The minimum Gasteiger partial charge on any atom is -0.469 e. The zero-order valence-electron chi connectivity index (χ0n) is 10.9. The highest BCUT2D eigenvalue weighted by atomic mass is 32.2. The summed E-state index contributed by atoms with van der Waals surface area (Å²) in [6.07, 6.45) is 0.351. The van der Waals surface area contributed by atoms with Crippen molar-refractivity contribution < 1.29 is 23.1 Å². The normalized spacial score (nSPS) is 10.2. The van der Waals surface area contributed by atoms with Crippen LogP contribution in [0.5, 0.6) is 0 Å². The second-order valence-corrected chi connectivity index (χ2v) is 5.02. The molecule has 0 atom stereocenters. The van der Waals surface area contributed by atoms with Crippen LogP contribution in [0, 0.1) is 11.6 Å². The maximum absolute atomic E-state index is 12.9. The molecule has 1 amide bonds. The number of nitrogens with one attached hydrogen (secondary N) is 1. The van der Waals surface area contributed by atoms with E-state index in [0.29, 0.717) is 10.6 Å². The van der Waals surface area contributed by atoms with Gasteiger partial charge in [-0.25, -0.2) is 8.78 Å². The molecule has 0 saturated carbocycles. The van der Waals surface area contributed by atoms with Crippen LogP contribution in [0.3, 0.4) is 0 Å². The first-order valence-electron chi connectivity index (χ1n) is 5.94. The largest absolute Gasteiger partial charge is 0.469 e. The van der Waals surface area contributed by atoms with Gasteiger partial charge in [0.25, 0.3) is 0 Å². The quantitative estimate of drug-likeness (QED) is 0.619. The Morgan fingerprint density at radius 3 is 2.65 bits per heavy atom. The Bertz CT molecular complexity index is 483. The lowest BCUT2D eigenvalue weighted by Gasteiger charge is -2.05. The highest BCUT2D eigenvalue weighted by Crippen LogP contribution is 2.20. The number of amides is 1. The molecule has 0 saturated heterocycles. The van der Waals surface area contributed by atoms with E-state index in [2.05, 4.69) is 10.1 Å². The number of thioether (sulfide) groups is 1. The predicted octanol–water partition coefficient (Wildman–Crippen LogP) is 2.13. The standard InChI is InChI=1S/C13H15F2NO3S/c1-19-13(18)4-6-16-12(17)5-7-20-9-2-3-10(14)11(15)8-9/h2-3,8H,4-7H2,1H3,(H,16,17). The summed E-state index contributed by atoms with van der Waals surface area (Å²) >= 11 is 1.26. The number of rotatable bonds is 7. The molecule has 0 aliphatic carbocycles. The zero-order valence-corrected chi connectivity index (χ0v) is 11.8. The number of hydrogen-bond acceptors (Lipinski definition) is 4. The van der Waals surface area contributed by atoms with Gasteiger partial charge in [0.05, 0.1) is 13.5 Å². The van der Waals surface area contributed by atoms with Crippen molar-refractivity contribution in [2.24, 2.45) is 0 Å². The minimum absolute atomic E-state index is 0.124. The van der Waals surface area contributed by atoms with Crippen molar-refractivity contribution in [3.05, 3.63) is 29.8 Å². The third kappa shape index (κ3) is 6.01. The van der Waals surface area contributed by atoms with Gasteiger partial charge in [-0.2, -0.15) is 0 Å². The summed E-state index contributed by atoms with van der Waals surface area (Å²) < 4.78 is 30.1. The molecule has 7 heteroatoms. The number of esters is 1. The first kappa shape index (κ1) is 16.4. The number of ether oxygens (including phenoxy) is 1. The molecule has 1 N–H and O–H groups in total. The monoisotopic (exact) mass is 303 g/mol. The van der Waals surface area contributed by atoms with E-state index >= 15 is 0 Å². The summed E-state index contributed by atoms with van der Waals surface area (Å²) in [4.78, 5) is 22.8. The van der Waals surface area contributed by atoms with Crippen molar-refractivity contribution >= 4 is 23.6 Å². The Morgan fingerprint density at radius 2 is 2.00 bits per heavy atom. The Hall–Kier alpha value is -1.63. The smallest absolute Gasteiger partial charge is 0.307 e. The molecular weight excluding hydrogens is 288 g/mol. The van der Waals surface area contributed by atoms with E-state index < -0.39 is 11.6 Å². The lowest BCUT2D eigenvalue weighted by molar-refractivity contribution is -0.140. The molecule has 0 bridgehead atoms. The van der Waals surface area contributed by atoms with Gasteiger partial charge < -0.3 is 10.1 Å². The second kappa shape index (κ2) is 8.52. The molecule has 1 aromatic rings. The van der Waals surface area contributed by atoms with E-state index in [1.54, 1.807) is 0 Å². The number of halogens is 2. The molecule has 0 fully saturated rings. The van der Waals surface area contributed by atoms with E-state index in [0.717, 1.165) is 12.1 Å². The molecule has 1 aromatic carbocycles. The van der Waals surface area contributed by atoms with Crippen molar-refractivity contribution in [3.63, 3.8) is 0 Å². The van der Waals surface area contributed by atoms with Crippen LogP contribution in [0.1, 0.15) is 12.8 Å². The average Bonchev–Trinajstić information content (AvgIpc) is 2.42. The van der Waals surface area contributed by atoms with Crippen molar-refractivity contribution in [1.29, 1.82) is 0 Å². The predicted molar refractivity (Wildman–Crippen MR) is 71.3 cm³/mol. The van der Waals surface area contributed by atoms with Gasteiger partial charge in [0.2, 0.25) is 5.91 Å². The molecule has 4 nitrogen and oxygen atoms in total. The van der Waals surface area contributed by atoms with E-state index in [9.17, 15) is 18.4 Å². The molecule has 0 aromatic heterocycles. The summed E-state index contributed by atoms with van der Waals surface area (Å²) in [5, 5.41) is 2.57. The Balaban J connectivity index is 2.21. The summed E-state index contributed by atoms with van der Waals surface area (Å²) in [5.41, 5.74) is 0. The molecular formula is C13H15F2NO3S. The highest BCUT2D eigenvalue weighted by molar-refractivity contribution is 7.99. The van der Waals surface area contributed by atoms with Crippen LogP contribution in [0.2, 0.25) is 0 Å². The molecule has 0 aliphatic heterocycles. The molecule has 0 radical (unpaired) electrons. The second-order valence-electron chi connectivity index (χ2n) is 3.85. The fraction of sp³-hybridized carbons (Fsp3) is 0.385. The Morgan fingerprint density at radius 1 is 1.25 bits per heavy atom. The zero-order chi connectivity index (χ0) is 15.0. The first-order valence-corrected chi connectivity index (χ1v) is 6.93. The molecule has 0 spiro atoms. The number of methoxy groups -OCH3 is 1. The Labute approximate surface area is 119 Å². The number of carbonyl (C=O) groups is 2. The molecule has 20 heavy (non-hydrogen) atoms. The number of hydrogen-bond donors (Lipinski definition) is 1. The van der Waals surface area contributed by atoms with Gasteiger partial charge in [-0.05, 0) is 18.2 Å². The van der Waals surface area contributed by atoms with Gasteiger partial charge in [0.15, 0.2) is 11.6 Å². The number of carbonyl (C=O) groups excluding carboxylic acids is 2. The van der Waals surface area contributed by atoms with Crippen LogP contribution < -0.4 is 5.32 Å². The summed E-state index contributed by atoms with van der Waals surface area (Å²) in [7, 11) is 1.28. The highest BCUT2D eigenvalue weighted by Gasteiger charge is 2.06. The molecule has 110 valence electrons. The van der Waals surface area contributed by atoms with Gasteiger partial charge in [-0.15, -0.1) is 11.8 Å². The van der Waals surface area contributed by atoms with E-state index in [1.165, 1.54) is 24.9 Å². The maximum Gasteiger partial charge on any atom is 0.307 e. The Kier molecular flexibility index (Phi) is 7.00. The minimum atomic E-state index is -0.905. The third-order valence-electron chi connectivity index (χ3n) is 2.37. The lowest BCUT2D eigenvalue weighted by atomic mass is 10.3. The van der Waals surface area contributed by atoms with Crippen molar-refractivity contribution in [1.82, 2.24) is 5.32 Å². The van der Waals surface area contributed by atoms with Crippen LogP contribution in [0.15, 0.2) is 23.1 Å². The lowest BCUT2D eigenvalue weighted by Crippen LogP contribution is -2.26. The maximum atomic E-state index is 12.9. The van der Waals surface area contributed by atoms with Gasteiger partial charge in [-0.1, -0.05) is 0 Å². The van der Waals surface area contributed by atoms with E-state index in [1.807, 2.05) is 0 Å². The van der Waals surface area contributed by atoms with Crippen LogP contribution in [-0.2, 0) is 14.3 Å². The first-order chi connectivity index (χ1) is 9.52. The van der Waals surface area contributed by atoms with Gasteiger partial charge in [0, 0.05) is 23.6 Å². The molecule has 0 unspecified atom stereocenters. The van der Waals surface area contributed by atoms with Gasteiger partial charge in [0.1, 0.15) is 0 Å². The van der Waals surface area contributed by atoms with Crippen LogP contribution >= 0.6 is 11.8 Å². The van der Waals surface area contributed by atoms with Crippen molar-refractivity contribution in [2.45, 2.75) is 17.7 Å².